The van der Waals surface area contributed by atoms with E-state index in [-0.39, 0.29) is 5.56 Å². The monoisotopic (exact) mass is 390 g/mol. The molecule has 1 N–H and O–H groups in total. The maximum absolute atomic E-state index is 12.6. The van der Waals surface area contributed by atoms with Crippen molar-refractivity contribution in [3.63, 3.8) is 0 Å². The van der Waals surface area contributed by atoms with Crippen molar-refractivity contribution in [1.82, 2.24) is 4.98 Å². The predicted octanol–water partition coefficient (Wildman–Crippen LogP) is 6.01. The Labute approximate surface area is 158 Å². The molecule has 0 atom stereocenters. The molecule has 0 spiro atoms. The van der Waals surface area contributed by atoms with Gasteiger partial charge in [-0.1, -0.05) is 12.1 Å². The third-order valence-electron chi connectivity index (χ3n) is 4.27. The zero-order valence-corrected chi connectivity index (χ0v) is 15.8. The first-order valence-electron chi connectivity index (χ1n) is 8.19. The quantitative estimate of drug-likeness (QED) is 0.595. The summed E-state index contributed by atoms with van der Waals surface area (Å²) < 4.78 is 37.9. The van der Waals surface area contributed by atoms with Crippen molar-refractivity contribution in [3.8, 4) is 11.3 Å². The number of aryl methyl sites for hydroxylation is 3. The van der Waals surface area contributed by atoms with E-state index in [0.29, 0.717) is 5.13 Å². The van der Waals surface area contributed by atoms with Crippen LogP contribution in [0, 0.1) is 20.8 Å². The molecule has 0 bridgehead atoms. The summed E-state index contributed by atoms with van der Waals surface area (Å²) in [6, 6.07) is 10.1. The Morgan fingerprint density at radius 3 is 2.26 bits per heavy atom. The Hall–Kier alpha value is -2.67. The van der Waals surface area contributed by atoms with Crippen molar-refractivity contribution in [2.75, 3.05) is 5.32 Å². The molecule has 1 aromatic heterocycles. The summed E-state index contributed by atoms with van der Waals surface area (Å²) in [6.07, 6.45) is -4.43. The summed E-state index contributed by atoms with van der Waals surface area (Å²) in [6.45, 7) is 5.96. The number of hydrogen-bond donors (Lipinski definition) is 1. The number of carbonyl (C=O) groups is 1. The number of hydrogen-bond acceptors (Lipinski definition) is 3. The lowest BCUT2D eigenvalue weighted by molar-refractivity contribution is -0.137. The predicted molar refractivity (Wildman–Crippen MR) is 101 cm³/mol. The topological polar surface area (TPSA) is 42.0 Å². The van der Waals surface area contributed by atoms with Crippen LogP contribution in [0.2, 0.25) is 0 Å². The minimum absolute atomic E-state index is 0.142. The summed E-state index contributed by atoms with van der Waals surface area (Å²) in [5.74, 6) is -0.496. The maximum Gasteiger partial charge on any atom is 0.416 e. The summed E-state index contributed by atoms with van der Waals surface area (Å²) in [4.78, 5) is 17.7. The van der Waals surface area contributed by atoms with Gasteiger partial charge in [0.1, 0.15) is 0 Å². The van der Waals surface area contributed by atoms with Gasteiger partial charge in [0, 0.05) is 16.0 Å². The lowest BCUT2D eigenvalue weighted by Crippen LogP contribution is -2.12. The average molecular weight is 390 g/mol. The molecule has 0 unspecified atom stereocenters. The minimum atomic E-state index is -4.43. The number of amides is 1. The zero-order chi connectivity index (χ0) is 19.8. The third-order valence-corrected chi connectivity index (χ3v) is 5.16. The second-order valence-electron chi connectivity index (χ2n) is 6.25. The first-order chi connectivity index (χ1) is 12.6. The van der Waals surface area contributed by atoms with Crippen LogP contribution in [0.3, 0.4) is 0 Å². The van der Waals surface area contributed by atoms with Gasteiger partial charge in [-0.3, -0.25) is 10.1 Å². The maximum atomic E-state index is 12.6. The van der Waals surface area contributed by atoms with Crippen molar-refractivity contribution in [2.24, 2.45) is 0 Å². The Morgan fingerprint density at radius 1 is 1.00 bits per heavy atom. The highest BCUT2D eigenvalue weighted by Gasteiger charge is 2.30. The van der Waals surface area contributed by atoms with Gasteiger partial charge in [-0.25, -0.2) is 4.98 Å². The normalized spacial score (nSPS) is 11.5. The van der Waals surface area contributed by atoms with Gasteiger partial charge in [-0.05, 0) is 62.2 Å². The Bertz CT molecular complexity index is 991. The van der Waals surface area contributed by atoms with Gasteiger partial charge < -0.3 is 0 Å². The Morgan fingerprint density at radius 2 is 1.67 bits per heavy atom. The third kappa shape index (κ3) is 4.19. The number of aromatic nitrogens is 1. The molecule has 27 heavy (non-hydrogen) atoms. The number of alkyl halides is 3. The van der Waals surface area contributed by atoms with Gasteiger partial charge in [0.05, 0.1) is 11.3 Å². The summed E-state index contributed by atoms with van der Waals surface area (Å²) in [7, 11) is 0. The van der Waals surface area contributed by atoms with Crippen LogP contribution >= 0.6 is 11.3 Å². The van der Waals surface area contributed by atoms with Gasteiger partial charge in [-0.15, -0.1) is 11.3 Å². The highest BCUT2D eigenvalue weighted by molar-refractivity contribution is 7.16. The largest absolute Gasteiger partial charge is 0.416 e. The summed E-state index contributed by atoms with van der Waals surface area (Å²) >= 11 is 1.33. The van der Waals surface area contributed by atoms with E-state index < -0.39 is 17.6 Å². The number of nitrogens with one attached hydrogen (secondary N) is 1. The van der Waals surface area contributed by atoms with Crippen molar-refractivity contribution < 1.29 is 18.0 Å². The fraction of sp³-hybridized carbons (Fsp3) is 0.200. The minimum Gasteiger partial charge on any atom is -0.298 e. The van der Waals surface area contributed by atoms with E-state index in [1.165, 1.54) is 16.9 Å². The van der Waals surface area contributed by atoms with Crippen molar-refractivity contribution >= 4 is 22.4 Å². The van der Waals surface area contributed by atoms with Crippen molar-refractivity contribution in [2.45, 2.75) is 26.9 Å². The first kappa shape index (κ1) is 19.1. The van der Waals surface area contributed by atoms with Gasteiger partial charge in [0.2, 0.25) is 0 Å². The van der Waals surface area contributed by atoms with E-state index in [9.17, 15) is 18.0 Å². The van der Waals surface area contributed by atoms with Gasteiger partial charge in [0.15, 0.2) is 5.13 Å². The molecule has 0 aliphatic heterocycles. The number of anilines is 1. The molecular weight excluding hydrogens is 373 g/mol. The van der Waals surface area contributed by atoms with Crippen LogP contribution in [0.1, 0.15) is 31.9 Å². The number of halogens is 3. The number of benzene rings is 2. The molecule has 0 radical (unpaired) electrons. The van der Waals surface area contributed by atoms with Crippen molar-refractivity contribution in [1.29, 1.82) is 0 Å². The van der Waals surface area contributed by atoms with E-state index in [1.54, 1.807) is 0 Å². The van der Waals surface area contributed by atoms with E-state index in [4.69, 9.17) is 0 Å². The average Bonchev–Trinajstić information content (AvgIpc) is 2.97. The van der Waals surface area contributed by atoms with E-state index in [1.807, 2.05) is 39.0 Å². The van der Waals surface area contributed by atoms with Crippen LogP contribution in [0.25, 0.3) is 11.3 Å². The molecule has 0 aliphatic rings. The molecule has 2 aromatic carbocycles. The second-order valence-corrected chi connectivity index (χ2v) is 7.46. The molecule has 1 amide bonds. The van der Waals surface area contributed by atoms with Crippen LogP contribution in [-0.4, -0.2) is 10.9 Å². The molecular formula is C20H17F3N2OS. The molecule has 140 valence electrons. The van der Waals surface area contributed by atoms with Gasteiger partial charge in [0.25, 0.3) is 5.91 Å². The molecule has 3 nitrogen and oxygen atoms in total. The van der Waals surface area contributed by atoms with E-state index in [2.05, 4.69) is 10.3 Å². The van der Waals surface area contributed by atoms with E-state index >= 15 is 0 Å². The number of thiazole rings is 1. The fourth-order valence-electron chi connectivity index (χ4n) is 2.59. The number of rotatable bonds is 3. The van der Waals surface area contributed by atoms with Crippen LogP contribution in [0.4, 0.5) is 18.3 Å². The highest BCUT2D eigenvalue weighted by Crippen LogP contribution is 2.32. The fourth-order valence-corrected chi connectivity index (χ4v) is 3.42. The molecule has 0 saturated heterocycles. The van der Waals surface area contributed by atoms with Crippen LogP contribution in [-0.2, 0) is 6.18 Å². The summed E-state index contributed by atoms with van der Waals surface area (Å²) in [5.41, 5.74) is 3.43. The molecule has 1 heterocycles. The van der Waals surface area contributed by atoms with Crippen LogP contribution in [0.15, 0.2) is 42.5 Å². The highest BCUT2D eigenvalue weighted by atomic mass is 32.1. The Balaban J connectivity index is 1.80. The number of carbonyl (C=O) groups excluding carboxylic acids is 1. The van der Waals surface area contributed by atoms with Crippen molar-refractivity contribution in [3.05, 3.63) is 69.6 Å². The smallest absolute Gasteiger partial charge is 0.298 e. The van der Waals surface area contributed by atoms with E-state index in [0.717, 1.165) is 46.0 Å². The van der Waals surface area contributed by atoms with Gasteiger partial charge >= 0.3 is 6.18 Å². The molecule has 7 heteroatoms. The molecule has 3 rings (SSSR count). The van der Waals surface area contributed by atoms with Crippen LogP contribution in [0.5, 0.6) is 0 Å². The van der Waals surface area contributed by atoms with Gasteiger partial charge in [-0.2, -0.15) is 13.2 Å². The Kier molecular flexibility index (Phi) is 5.06. The number of nitrogens with zero attached hydrogens (tertiary/aromatic N) is 1. The molecule has 0 saturated carbocycles. The molecule has 0 aliphatic carbocycles. The van der Waals surface area contributed by atoms with Crippen LogP contribution < -0.4 is 5.32 Å². The molecule has 3 aromatic rings. The standard InChI is InChI=1S/C20H17F3N2OS/c1-11-4-5-15(10-12(11)2)17-13(3)27-19(24-17)25-18(26)14-6-8-16(9-7-14)20(21,22)23/h4-10H,1-3H3,(H,24,25,26). The second kappa shape index (κ2) is 7.15. The zero-order valence-electron chi connectivity index (χ0n) is 14.9. The first-order valence-corrected chi connectivity index (χ1v) is 9.00. The SMILES string of the molecule is Cc1ccc(-c2nc(NC(=O)c3ccc(C(F)(F)F)cc3)sc2C)cc1C. The summed E-state index contributed by atoms with van der Waals surface area (Å²) in [5, 5.41) is 3.07. The lowest BCUT2D eigenvalue weighted by Gasteiger charge is -2.07. The molecule has 0 fully saturated rings. The lowest BCUT2D eigenvalue weighted by atomic mass is 10.0.